The predicted octanol–water partition coefficient (Wildman–Crippen LogP) is 2.65. The average Bonchev–Trinajstić information content (AvgIpc) is 2.93. The standard InChI is InChI=1S/C16H24N4O2/c1-5-21-14-8-7-12(9-15(14)22-6-2)20-16(11(3)4)13(10-17)18-19-20/h7-9,11H,5-6,10,17H2,1-4H3. The summed E-state index contributed by atoms with van der Waals surface area (Å²) in [4.78, 5) is 0. The third kappa shape index (κ3) is 3.22. The molecule has 2 rings (SSSR count). The minimum Gasteiger partial charge on any atom is -0.490 e. The maximum Gasteiger partial charge on any atom is 0.163 e. The average molecular weight is 304 g/mol. The zero-order valence-electron chi connectivity index (χ0n) is 13.7. The third-order valence-electron chi connectivity index (χ3n) is 3.29. The lowest BCUT2D eigenvalue weighted by Crippen LogP contribution is -2.08. The van der Waals surface area contributed by atoms with Gasteiger partial charge in [-0.15, -0.1) is 5.10 Å². The van der Waals surface area contributed by atoms with Crippen LogP contribution in [0.4, 0.5) is 0 Å². The van der Waals surface area contributed by atoms with E-state index < -0.39 is 0 Å². The second kappa shape index (κ2) is 7.26. The summed E-state index contributed by atoms with van der Waals surface area (Å²) < 4.78 is 13.1. The highest BCUT2D eigenvalue weighted by atomic mass is 16.5. The van der Waals surface area contributed by atoms with Gasteiger partial charge in [0, 0.05) is 12.6 Å². The fraction of sp³-hybridized carbons (Fsp3) is 0.500. The molecule has 0 atom stereocenters. The van der Waals surface area contributed by atoms with Gasteiger partial charge in [-0.2, -0.15) is 0 Å². The number of ether oxygens (including phenoxy) is 2. The Balaban J connectivity index is 2.49. The van der Waals surface area contributed by atoms with Gasteiger partial charge in [0.2, 0.25) is 0 Å². The van der Waals surface area contributed by atoms with Gasteiger partial charge in [-0.1, -0.05) is 19.1 Å². The van der Waals surface area contributed by atoms with Crippen molar-refractivity contribution >= 4 is 0 Å². The van der Waals surface area contributed by atoms with Crippen LogP contribution in [-0.2, 0) is 6.54 Å². The van der Waals surface area contributed by atoms with Gasteiger partial charge in [-0.3, -0.25) is 0 Å². The van der Waals surface area contributed by atoms with E-state index in [-0.39, 0.29) is 5.92 Å². The molecule has 2 aromatic rings. The summed E-state index contributed by atoms with van der Waals surface area (Å²) in [6.45, 7) is 9.65. The Hall–Kier alpha value is -2.08. The van der Waals surface area contributed by atoms with Gasteiger partial charge in [-0.25, -0.2) is 4.68 Å². The summed E-state index contributed by atoms with van der Waals surface area (Å²) in [5, 5.41) is 8.43. The van der Waals surface area contributed by atoms with Crippen LogP contribution in [0.5, 0.6) is 11.5 Å². The molecule has 22 heavy (non-hydrogen) atoms. The number of rotatable bonds is 7. The van der Waals surface area contributed by atoms with Crippen molar-refractivity contribution in [2.24, 2.45) is 5.73 Å². The number of aromatic nitrogens is 3. The molecule has 0 aliphatic heterocycles. The highest BCUT2D eigenvalue weighted by molar-refractivity contribution is 5.49. The van der Waals surface area contributed by atoms with Crippen molar-refractivity contribution in [3.05, 3.63) is 29.6 Å². The summed E-state index contributed by atoms with van der Waals surface area (Å²) in [7, 11) is 0. The van der Waals surface area contributed by atoms with E-state index in [9.17, 15) is 0 Å². The van der Waals surface area contributed by atoms with Crippen LogP contribution in [-0.4, -0.2) is 28.2 Å². The molecule has 0 aliphatic carbocycles. The SMILES string of the molecule is CCOc1ccc(-n2nnc(CN)c2C(C)C)cc1OCC. The zero-order valence-corrected chi connectivity index (χ0v) is 13.7. The molecule has 1 aromatic heterocycles. The van der Waals surface area contributed by atoms with Gasteiger partial charge in [-0.05, 0) is 31.9 Å². The van der Waals surface area contributed by atoms with Crippen molar-refractivity contribution in [3.63, 3.8) is 0 Å². The lowest BCUT2D eigenvalue weighted by molar-refractivity contribution is 0.287. The third-order valence-corrected chi connectivity index (χ3v) is 3.29. The predicted molar refractivity (Wildman–Crippen MR) is 85.7 cm³/mol. The molecule has 2 N–H and O–H groups in total. The van der Waals surface area contributed by atoms with Crippen LogP contribution in [0.25, 0.3) is 5.69 Å². The van der Waals surface area contributed by atoms with Crippen molar-refractivity contribution in [3.8, 4) is 17.2 Å². The van der Waals surface area contributed by atoms with E-state index in [2.05, 4.69) is 24.2 Å². The number of nitrogens with zero attached hydrogens (tertiary/aromatic N) is 3. The first-order chi connectivity index (χ1) is 10.6. The van der Waals surface area contributed by atoms with Crippen LogP contribution >= 0.6 is 0 Å². The summed E-state index contributed by atoms with van der Waals surface area (Å²) in [5.74, 6) is 1.72. The Morgan fingerprint density at radius 2 is 1.82 bits per heavy atom. The van der Waals surface area contributed by atoms with Crippen LogP contribution in [0.1, 0.15) is 45.0 Å². The molecular weight excluding hydrogens is 280 g/mol. The van der Waals surface area contributed by atoms with Crippen LogP contribution in [0.2, 0.25) is 0 Å². The highest BCUT2D eigenvalue weighted by Crippen LogP contribution is 2.31. The van der Waals surface area contributed by atoms with Crippen LogP contribution in [0, 0.1) is 0 Å². The molecule has 0 aliphatic rings. The molecule has 0 fully saturated rings. The van der Waals surface area contributed by atoms with E-state index in [1.165, 1.54) is 0 Å². The van der Waals surface area contributed by atoms with Crippen molar-refractivity contribution < 1.29 is 9.47 Å². The summed E-state index contributed by atoms with van der Waals surface area (Å²) >= 11 is 0. The maximum absolute atomic E-state index is 5.76. The van der Waals surface area contributed by atoms with Crippen molar-refractivity contribution in [2.45, 2.75) is 40.2 Å². The lowest BCUT2D eigenvalue weighted by Gasteiger charge is -2.14. The molecule has 6 heteroatoms. The van der Waals surface area contributed by atoms with E-state index in [0.29, 0.717) is 25.5 Å². The number of benzene rings is 1. The molecule has 1 aromatic carbocycles. The molecule has 0 saturated carbocycles. The second-order valence-electron chi connectivity index (χ2n) is 5.19. The van der Waals surface area contributed by atoms with Crippen LogP contribution in [0.3, 0.4) is 0 Å². The first-order valence-electron chi connectivity index (χ1n) is 7.66. The summed E-state index contributed by atoms with van der Waals surface area (Å²) in [5.41, 5.74) is 8.50. The quantitative estimate of drug-likeness (QED) is 0.851. The Morgan fingerprint density at radius 1 is 1.14 bits per heavy atom. The molecule has 0 amide bonds. The molecule has 0 saturated heterocycles. The van der Waals surface area contributed by atoms with Gasteiger partial charge in [0.1, 0.15) is 5.69 Å². The molecule has 0 unspecified atom stereocenters. The topological polar surface area (TPSA) is 75.2 Å². The van der Waals surface area contributed by atoms with E-state index in [0.717, 1.165) is 22.8 Å². The molecular formula is C16H24N4O2. The highest BCUT2D eigenvalue weighted by Gasteiger charge is 2.17. The number of hydrogen-bond donors (Lipinski definition) is 1. The molecule has 120 valence electrons. The normalized spacial score (nSPS) is 11.0. The first kappa shape index (κ1) is 16.3. The van der Waals surface area contributed by atoms with Crippen molar-refractivity contribution in [1.29, 1.82) is 0 Å². The Morgan fingerprint density at radius 3 is 2.41 bits per heavy atom. The van der Waals surface area contributed by atoms with Gasteiger partial charge < -0.3 is 15.2 Å². The molecule has 6 nitrogen and oxygen atoms in total. The monoisotopic (exact) mass is 304 g/mol. The second-order valence-corrected chi connectivity index (χ2v) is 5.19. The summed E-state index contributed by atoms with van der Waals surface area (Å²) in [6.07, 6.45) is 0. The van der Waals surface area contributed by atoms with Gasteiger partial charge in [0.05, 0.1) is 24.6 Å². The summed E-state index contributed by atoms with van der Waals surface area (Å²) in [6, 6.07) is 5.78. The van der Waals surface area contributed by atoms with Crippen LogP contribution < -0.4 is 15.2 Å². The van der Waals surface area contributed by atoms with Crippen LogP contribution in [0.15, 0.2) is 18.2 Å². The molecule has 0 bridgehead atoms. The van der Waals surface area contributed by atoms with E-state index in [1.54, 1.807) is 0 Å². The largest absolute Gasteiger partial charge is 0.490 e. The van der Waals surface area contributed by atoms with Gasteiger partial charge in [0.15, 0.2) is 11.5 Å². The fourth-order valence-corrected chi connectivity index (χ4v) is 2.41. The zero-order chi connectivity index (χ0) is 16.1. The Bertz CT molecular complexity index is 623. The minimum absolute atomic E-state index is 0.274. The van der Waals surface area contributed by atoms with Gasteiger partial charge in [0.25, 0.3) is 0 Å². The van der Waals surface area contributed by atoms with Crippen molar-refractivity contribution in [1.82, 2.24) is 15.0 Å². The van der Waals surface area contributed by atoms with E-state index in [4.69, 9.17) is 15.2 Å². The molecule has 1 heterocycles. The maximum atomic E-state index is 5.76. The number of nitrogens with two attached hydrogens (primary N) is 1. The minimum atomic E-state index is 0.274. The fourth-order valence-electron chi connectivity index (χ4n) is 2.41. The molecule has 0 radical (unpaired) electrons. The first-order valence-corrected chi connectivity index (χ1v) is 7.66. The number of hydrogen-bond acceptors (Lipinski definition) is 5. The smallest absolute Gasteiger partial charge is 0.163 e. The lowest BCUT2D eigenvalue weighted by atomic mass is 10.1. The Kier molecular flexibility index (Phi) is 5.38. The van der Waals surface area contributed by atoms with E-state index in [1.807, 2.05) is 36.7 Å². The van der Waals surface area contributed by atoms with Gasteiger partial charge >= 0.3 is 0 Å². The Labute approximate surface area is 131 Å². The van der Waals surface area contributed by atoms with E-state index >= 15 is 0 Å². The molecule has 0 spiro atoms. The van der Waals surface area contributed by atoms with Crippen molar-refractivity contribution in [2.75, 3.05) is 13.2 Å².